The van der Waals surface area contributed by atoms with E-state index in [2.05, 4.69) is 0 Å². The molecule has 5 rings (SSSR count). The number of aliphatic hydroxyl groups excluding tert-OH is 1. The van der Waals surface area contributed by atoms with Gasteiger partial charge in [0.1, 0.15) is 23.4 Å². The van der Waals surface area contributed by atoms with Crippen LogP contribution >= 0.6 is 0 Å². The van der Waals surface area contributed by atoms with Gasteiger partial charge in [0.15, 0.2) is 0 Å². The SMILES string of the molecule is CC1Cc2cc(/C(O)=C3/C(=O)C(=O)N(Cc4ccccc4)C3c3ccc(O)cc3)ccc2O1. The number of ketones is 1. The fourth-order valence-corrected chi connectivity index (χ4v) is 4.55. The molecule has 0 bridgehead atoms. The number of fused-ring (bicyclic) bond motifs is 1. The number of likely N-dealkylation sites (tertiary alicyclic amines) is 1. The second kappa shape index (κ2) is 8.13. The van der Waals surface area contributed by atoms with E-state index in [0.29, 0.717) is 17.5 Å². The highest BCUT2D eigenvalue weighted by Gasteiger charge is 2.46. The minimum absolute atomic E-state index is 0.0357. The lowest BCUT2D eigenvalue weighted by Gasteiger charge is -2.25. The van der Waals surface area contributed by atoms with Gasteiger partial charge in [-0.1, -0.05) is 42.5 Å². The second-order valence-corrected chi connectivity index (χ2v) is 8.46. The van der Waals surface area contributed by atoms with Crippen molar-refractivity contribution < 1.29 is 24.5 Å². The molecule has 0 aliphatic carbocycles. The molecule has 2 unspecified atom stereocenters. The number of carbonyl (C=O) groups excluding carboxylic acids is 2. The first-order chi connectivity index (χ1) is 15.9. The number of phenolic OH excluding ortho intramolecular Hbond substituents is 1. The highest BCUT2D eigenvalue weighted by Crippen LogP contribution is 2.41. The molecule has 1 saturated heterocycles. The number of Topliss-reactive ketones (excluding diaryl/α,β-unsaturated/α-hetero) is 1. The van der Waals surface area contributed by atoms with Gasteiger partial charge in [-0.2, -0.15) is 0 Å². The third-order valence-corrected chi connectivity index (χ3v) is 6.11. The van der Waals surface area contributed by atoms with E-state index in [1.54, 1.807) is 24.3 Å². The topological polar surface area (TPSA) is 87.1 Å². The van der Waals surface area contributed by atoms with E-state index < -0.39 is 17.7 Å². The Morgan fingerprint density at radius 3 is 2.48 bits per heavy atom. The number of hydrogen-bond donors (Lipinski definition) is 2. The summed E-state index contributed by atoms with van der Waals surface area (Å²) in [7, 11) is 0. The van der Waals surface area contributed by atoms with E-state index in [0.717, 1.165) is 16.9 Å². The summed E-state index contributed by atoms with van der Waals surface area (Å²) in [5.41, 5.74) is 2.95. The zero-order valence-electron chi connectivity index (χ0n) is 18.1. The summed E-state index contributed by atoms with van der Waals surface area (Å²) >= 11 is 0. The van der Waals surface area contributed by atoms with Gasteiger partial charge in [0.2, 0.25) is 0 Å². The highest BCUT2D eigenvalue weighted by molar-refractivity contribution is 6.46. The molecule has 0 aromatic heterocycles. The minimum atomic E-state index is -0.783. The fraction of sp³-hybridized carbons (Fsp3) is 0.185. The number of ether oxygens (including phenoxy) is 1. The largest absolute Gasteiger partial charge is 0.508 e. The molecule has 2 aliphatic heterocycles. The number of nitrogens with zero attached hydrogens (tertiary/aromatic N) is 1. The number of aliphatic hydroxyl groups is 1. The van der Waals surface area contributed by atoms with Gasteiger partial charge in [-0.3, -0.25) is 9.59 Å². The Labute approximate surface area is 191 Å². The van der Waals surface area contributed by atoms with Gasteiger partial charge in [-0.05, 0) is 53.9 Å². The number of benzene rings is 3. The van der Waals surface area contributed by atoms with Crippen molar-refractivity contribution in [3.8, 4) is 11.5 Å². The van der Waals surface area contributed by atoms with Gasteiger partial charge >= 0.3 is 0 Å². The van der Waals surface area contributed by atoms with Crippen molar-refractivity contribution in [3.63, 3.8) is 0 Å². The van der Waals surface area contributed by atoms with Crippen LogP contribution in [0.25, 0.3) is 5.76 Å². The van der Waals surface area contributed by atoms with Gasteiger partial charge < -0.3 is 19.8 Å². The number of amides is 1. The average Bonchev–Trinajstić information content (AvgIpc) is 3.31. The van der Waals surface area contributed by atoms with Crippen molar-refractivity contribution in [1.29, 1.82) is 0 Å². The van der Waals surface area contributed by atoms with Gasteiger partial charge in [-0.25, -0.2) is 0 Å². The molecular formula is C27H23NO5. The lowest BCUT2D eigenvalue weighted by atomic mass is 9.94. The maximum Gasteiger partial charge on any atom is 0.295 e. The number of rotatable bonds is 4. The number of phenols is 1. The summed E-state index contributed by atoms with van der Waals surface area (Å²) in [5.74, 6) is -0.780. The minimum Gasteiger partial charge on any atom is -0.508 e. The van der Waals surface area contributed by atoms with Gasteiger partial charge in [-0.15, -0.1) is 0 Å². The van der Waals surface area contributed by atoms with E-state index in [-0.39, 0.29) is 29.7 Å². The van der Waals surface area contributed by atoms with Crippen LogP contribution in [0.5, 0.6) is 11.5 Å². The van der Waals surface area contributed by atoms with Crippen LogP contribution in [0.2, 0.25) is 0 Å². The average molecular weight is 441 g/mol. The highest BCUT2D eigenvalue weighted by atomic mass is 16.5. The molecular weight excluding hydrogens is 418 g/mol. The molecule has 6 heteroatoms. The Hall–Kier alpha value is -4.06. The lowest BCUT2D eigenvalue weighted by Crippen LogP contribution is -2.29. The van der Waals surface area contributed by atoms with Gasteiger partial charge in [0.25, 0.3) is 11.7 Å². The molecule has 2 aliphatic rings. The predicted molar refractivity (Wildman–Crippen MR) is 123 cm³/mol. The molecule has 2 heterocycles. The van der Waals surface area contributed by atoms with E-state index in [4.69, 9.17) is 4.74 Å². The van der Waals surface area contributed by atoms with Crippen molar-refractivity contribution in [2.24, 2.45) is 0 Å². The van der Waals surface area contributed by atoms with Gasteiger partial charge in [0, 0.05) is 18.5 Å². The summed E-state index contributed by atoms with van der Waals surface area (Å²) in [4.78, 5) is 27.7. The zero-order chi connectivity index (χ0) is 23.1. The summed E-state index contributed by atoms with van der Waals surface area (Å²) in [6.07, 6.45) is 0.756. The normalized spacial score (nSPS) is 21.2. The second-order valence-electron chi connectivity index (χ2n) is 8.46. The van der Waals surface area contributed by atoms with Crippen LogP contribution < -0.4 is 4.74 Å². The monoisotopic (exact) mass is 441 g/mol. The number of hydrogen-bond acceptors (Lipinski definition) is 5. The van der Waals surface area contributed by atoms with Crippen molar-refractivity contribution in [2.75, 3.05) is 0 Å². The van der Waals surface area contributed by atoms with Crippen LogP contribution in [-0.4, -0.2) is 32.9 Å². The maximum atomic E-state index is 13.2. The van der Waals surface area contributed by atoms with Gasteiger partial charge in [0.05, 0.1) is 11.6 Å². The van der Waals surface area contributed by atoms with E-state index in [1.165, 1.54) is 17.0 Å². The summed E-state index contributed by atoms with van der Waals surface area (Å²) in [6, 6.07) is 20.2. The molecule has 2 N–H and O–H groups in total. The molecule has 166 valence electrons. The number of aromatic hydroxyl groups is 1. The first-order valence-electron chi connectivity index (χ1n) is 10.8. The standard InChI is InChI=1S/C27H23NO5/c1-16-13-20-14-19(9-12-22(20)33-16)25(30)23-24(18-7-10-21(29)11-8-18)28(27(32)26(23)31)15-17-5-3-2-4-6-17/h2-12,14,16,24,29-30H,13,15H2,1H3/b25-23-. The van der Waals surface area contributed by atoms with Crippen molar-refractivity contribution in [1.82, 2.24) is 4.90 Å². The smallest absolute Gasteiger partial charge is 0.295 e. The van der Waals surface area contributed by atoms with E-state index in [9.17, 15) is 19.8 Å². The molecule has 2 atom stereocenters. The van der Waals surface area contributed by atoms with Crippen LogP contribution in [0.15, 0.2) is 78.4 Å². The Balaban J connectivity index is 1.62. The molecule has 1 fully saturated rings. The van der Waals surface area contributed by atoms with Crippen LogP contribution in [0, 0.1) is 0 Å². The summed E-state index contributed by atoms with van der Waals surface area (Å²) in [6.45, 7) is 2.18. The third kappa shape index (κ3) is 3.74. The molecule has 3 aromatic rings. The maximum absolute atomic E-state index is 13.2. The molecule has 0 spiro atoms. The zero-order valence-corrected chi connectivity index (χ0v) is 18.1. The van der Waals surface area contributed by atoms with Crippen LogP contribution in [0.4, 0.5) is 0 Å². The van der Waals surface area contributed by atoms with Crippen molar-refractivity contribution >= 4 is 17.4 Å². The van der Waals surface area contributed by atoms with E-state index >= 15 is 0 Å². The number of carbonyl (C=O) groups is 2. The van der Waals surface area contributed by atoms with Crippen molar-refractivity contribution in [3.05, 3.63) is 101 Å². The Bertz CT molecular complexity index is 1260. The Morgan fingerprint density at radius 1 is 1.03 bits per heavy atom. The Morgan fingerprint density at radius 2 is 1.76 bits per heavy atom. The van der Waals surface area contributed by atoms with Crippen LogP contribution in [0.3, 0.4) is 0 Å². The Kier molecular flexibility index (Phi) is 5.13. The molecule has 6 nitrogen and oxygen atoms in total. The predicted octanol–water partition coefficient (Wildman–Crippen LogP) is 4.34. The molecule has 33 heavy (non-hydrogen) atoms. The molecule has 1 amide bonds. The molecule has 0 radical (unpaired) electrons. The van der Waals surface area contributed by atoms with Crippen molar-refractivity contribution in [2.45, 2.75) is 32.0 Å². The summed E-state index contributed by atoms with van der Waals surface area (Å²) in [5, 5.41) is 21.0. The first-order valence-corrected chi connectivity index (χ1v) is 10.8. The first kappa shape index (κ1) is 20.8. The molecule has 0 saturated carbocycles. The fourth-order valence-electron chi connectivity index (χ4n) is 4.55. The summed E-state index contributed by atoms with van der Waals surface area (Å²) < 4.78 is 5.74. The van der Waals surface area contributed by atoms with E-state index in [1.807, 2.05) is 43.3 Å². The quantitative estimate of drug-likeness (QED) is 0.357. The van der Waals surface area contributed by atoms with Crippen LogP contribution in [0.1, 0.15) is 35.2 Å². The van der Waals surface area contributed by atoms with Crippen LogP contribution in [-0.2, 0) is 22.6 Å². The third-order valence-electron chi connectivity index (χ3n) is 6.11. The lowest BCUT2D eigenvalue weighted by molar-refractivity contribution is -0.140. The molecule has 3 aromatic carbocycles.